The number of aromatic nitrogens is 1. The second kappa shape index (κ2) is 7.34. The summed E-state index contributed by atoms with van der Waals surface area (Å²) in [6, 6.07) is -0.842. The Balaban J connectivity index is 2.57. The summed E-state index contributed by atoms with van der Waals surface area (Å²) in [6.07, 6.45) is 2.42. The molecule has 0 radical (unpaired) electrons. The van der Waals surface area contributed by atoms with Crippen molar-refractivity contribution in [2.75, 3.05) is 17.7 Å². The van der Waals surface area contributed by atoms with E-state index in [1.807, 2.05) is 6.26 Å². The molecule has 1 amide bonds. The van der Waals surface area contributed by atoms with Crippen LogP contribution in [0.5, 0.6) is 0 Å². The number of hydrogen-bond acceptors (Lipinski definition) is 6. The number of carbonyl (C=O) groups is 2. The number of hydrogen-bond donors (Lipinski definition) is 3. The molecule has 4 N–H and O–H groups in total. The van der Waals surface area contributed by atoms with E-state index in [4.69, 9.17) is 10.8 Å². The predicted octanol–water partition coefficient (Wildman–Crippen LogP) is 0.899. The third-order valence-corrected chi connectivity index (χ3v) is 4.10. The summed E-state index contributed by atoms with van der Waals surface area (Å²) in [7, 11) is 0. The number of thiazole rings is 1. The number of rotatable bonds is 7. The van der Waals surface area contributed by atoms with Gasteiger partial charge in [-0.05, 0) is 25.4 Å². The van der Waals surface area contributed by atoms with E-state index >= 15 is 0 Å². The largest absolute Gasteiger partial charge is 0.480 e. The number of nitrogens with two attached hydrogens (primary N) is 1. The number of nitrogens with zero attached hydrogens (tertiary/aromatic N) is 1. The molecule has 0 aliphatic heterocycles. The molecule has 0 aliphatic carbocycles. The van der Waals surface area contributed by atoms with Crippen molar-refractivity contribution in [3.05, 3.63) is 10.6 Å². The third-order valence-electron chi connectivity index (χ3n) is 2.47. The molecule has 6 nitrogen and oxygen atoms in total. The van der Waals surface area contributed by atoms with E-state index in [0.29, 0.717) is 23.0 Å². The first-order valence-electron chi connectivity index (χ1n) is 5.67. The van der Waals surface area contributed by atoms with Gasteiger partial charge in [-0.3, -0.25) is 4.79 Å². The average molecular weight is 303 g/mol. The molecule has 0 saturated heterocycles. The van der Waals surface area contributed by atoms with E-state index in [-0.39, 0.29) is 12.3 Å². The fourth-order valence-electron chi connectivity index (χ4n) is 1.50. The molecular weight excluding hydrogens is 286 g/mol. The second-order valence-electron chi connectivity index (χ2n) is 3.98. The third kappa shape index (κ3) is 5.07. The van der Waals surface area contributed by atoms with Crippen LogP contribution in [0.4, 0.5) is 5.13 Å². The number of thioether (sulfide) groups is 1. The van der Waals surface area contributed by atoms with Gasteiger partial charge in [0.1, 0.15) is 6.04 Å². The molecule has 1 aromatic heterocycles. The maximum atomic E-state index is 11.8. The van der Waals surface area contributed by atoms with Gasteiger partial charge in [0, 0.05) is 4.88 Å². The minimum atomic E-state index is -1.01. The van der Waals surface area contributed by atoms with Crippen LogP contribution in [-0.2, 0) is 16.0 Å². The number of carbonyl (C=O) groups excluding carboxylic acids is 1. The fourth-order valence-corrected chi connectivity index (χ4v) is 2.80. The second-order valence-corrected chi connectivity index (χ2v) is 6.08. The van der Waals surface area contributed by atoms with Gasteiger partial charge in [-0.15, -0.1) is 11.3 Å². The standard InChI is InChI=1S/C11H17N3O3S2/c1-6-8(19-11(12)13-6)5-9(15)14-7(10(16)17)3-4-18-2/h7H,3-5H2,1-2H3,(H2,12,13)(H,14,15)(H,16,17)/t7-/m0/s1. The van der Waals surface area contributed by atoms with Crippen molar-refractivity contribution < 1.29 is 14.7 Å². The smallest absolute Gasteiger partial charge is 0.326 e. The Morgan fingerprint density at radius 2 is 2.26 bits per heavy atom. The first-order chi connectivity index (χ1) is 8.93. The molecule has 0 spiro atoms. The van der Waals surface area contributed by atoms with Crippen LogP contribution in [0.1, 0.15) is 17.0 Å². The molecule has 0 unspecified atom stereocenters. The van der Waals surface area contributed by atoms with Crippen LogP contribution >= 0.6 is 23.1 Å². The molecule has 8 heteroatoms. The van der Waals surface area contributed by atoms with Gasteiger partial charge in [0.15, 0.2) is 5.13 Å². The van der Waals surface area contributed by atoms with Crippen molar-refractivity contribution in [3.8, 4) is 0 Å². The van der Waals surface area contributed by atoms with Crippen LogP contribution in [0, 0.1) is 6.92 Å². The van der Waals surface area contributed by atoms with Gasteiger partial charge in [0.05, 0.1) is 12.1 Å². The van der Waals surface area contributed by atoms with Crippen molar-refractivity contribution in [1.29, 1.82) is 0 Å². The van der Waals surface area contributed by atoms with Crippen molar-refractivity contribution in [1.82, 2.24) is 10.3 Å². The van der Waals surface area contributed by atoms with Crippen LogP contribution in [0.2, 0.25) is 0 Å². The minimum Gasteiger partial charge on any atom is -0.480 e. The van der Waals surface area contributed by atoms with Crippen LogP contribution in [0.15, 0.2) is 0 Å². The summed E-state index contributed by atoms with van der Waals surface area (Å²) in [4.78, 5) is 27.6. The first-order valence-corrected chi connectivity index (χ1v) is 7.88. The summed E-state index contributed by atoms with van der Waals surface area (Å²) in [5, 5.41) is 12.0. The Bertz CT molecular complexity index is 462. The van der Waals surface area contributed by atoms with Gasteiger partial charge in [0.25, 0.3) is 0 Å². The van der Waals surface area contributed by atoms with Crippen LogP contribution in [0.3, 0.4) is 0 Å². The number of aryl methyl sites for hydroxylation is 1. The highest BCUT2D eigenvalue weighted by molar-refractivity contribution is 7.98. The number of nitrogens with one attached hydrogen (secondary N) is 1. The highest BCUT2D eigenvalue weighted by atomic mass is 32.2. The molecule has 0 bridgehead atoms. The number of aliphatic carboxylic acids is 1. The lowest BCUT2D eigenvalue weighted by atomic mass is 10.2. The predicted molar refractivity (Wildman–Crippen MR) is 77.5 cm³/mol. The Kier molecular flexibility index (Phi) is 6.10. The van der Waals surface area contributed by atoms with Gasteiger partial charge in [-0.2, -0.15) is 11.8 Å². The van der Waals surface area contributed by atoms with Crippen molar-refractivity contribution in [2.45, 2.75) is 25.8 Å². The molecule has 1 rings (SSSR count). The number of anilines is 1. The van der Waals surface area contributed by atoms with Gasteiger partial charge >= 0.3 is 5.97 Å². The lowest BCUT2D eigenvalue weighted by Gasteiger charge is -2.13. The van der Waals surface area contributed by atoms with Crippen LogP contribution in [0.25, 0.3) is 0 Å². The number of carboxylic acids is 1. The number of carboxylic acid groups (broad SMARTS) is 1. The molecule has 0 aromatic carbocycles. The zero-order valence-electron chi connectivity index (χ0n) is 10.8. The van der Waals surface area contributed by atoms with Gasteiger partial charge in [0.2, 0.25) is 5.91 Å². The first kappa shape index (κ1) is 15.8. The molecule has 0 aliphatic rings. The highest BCUT2D eigenvalue weighted by Gasteiger charge is 2.20. The van der Waals surface area contributed by atoms with E-state index < -0.39 is 12.0 Å². The average Bonchev–Trinajstić information content (AvgIpc) is 2.62. The maximum Gasteiger partial charge on any atom is 0.326 e. The SMILES string of the molecule is CSCC[C@H](NC(=O)Cc1sc(N)nc1C)C(=O)O. The topological polar surface area (TPSA) is 105 Å². The monoisotopic (exact) mass is 303 g/mol. The van der Waals surface area contributed by atoms with Crippen LogP contribution < -0.4 is 11.1 Å². The van der Waals surface area contributed by atoms with E-state index in [2.05, 4.69) is 10.3 Å². The Morgan fingerprint density at radius 1 is 1.58 bits per heavy atom. The van der Waals surface area contributed by atoms with E-state index in [9.17, 15) is 9.59 Å². The van der Waals surface area contributed by atoms with Crippen molar-refractivity contribution in [3.63, 3.8) is 0 Å². The maximum absolute atomic E-state index is 11.8. The molecule has 1 atom stereocenters. The molecule has 106 valence electrons. The Hall–Kier alpha value is -1.28. The van der Waals surface area contributed by atoms with E-state index in [0.717, 1.165) is 4.88 Å². The molecule has 0 fully saturated rings. The molecular formula is C11H17N3O3S2. The van der Waals surface area contributed by atoms with E-state index in [1.54, 1.807) is 18.7 Å². The highest BCUT2D eigenvalue weighted by Crippen LogP contribution is 2.20. The van der Waals surface area contributed by atoms with Crippen molar-refractivity contribution in [2.24, 2.45) is 0 Å². The Morgan fingerprint density at radius 3 is 2.74 bits per heavy atom. The summed E-state index contributed by atoms with van der Waals surface area (Å²) in [6.45, 7) is 1.78. The van der Waals surface area contributed by atoms with Gasteiger partial charge < -0.3 is 16.2 Å². The lowest BCUT2D eigenvalue weighted by molar-refractivity contribution is -0.141. The summed E-state index contributed by atoms with van der Waals surface area (Å²) >= 11 is 2.80. The molecule has 0 saturated carbocycles. The molecule has 19 heavy (non-hydrogen) atoms. The van der Waals surface area contributed by atoms with E-state index in [1.165, 1.54) is 11.3 Å². The lowest BCUT2D eigenvalue weighted by Crippen LogP contribution is -2.41. The normalized spacial score (nSPS) is 12.1. The molecule has 1 aromatic rings. The zero-order valence-corrected chi connectivity index (χ0v) is 12.4. The van der Waals surface area contributed by atoms with Gasteiger partial charge in [-0.1, -0.05) is 0 Å². The summed E-state index contributed by atoms with van der Waals surface area (Å²) in [5.74, 6) is -0.646. The number of amides is 1. The summed E-state index contributed by atoms with van der Waals surface area (Å²) in [5.41, 5.74) is 6.27. The molecule has 1 heterocycles. The zero-order chi connectivity index (χ0) is 14.4. The summed E-state index contributed by atoms with van der Waals surface area (Å²) < 4.78 is 0. The Labute approximate surface area is 119 Å². The number of nitrogen functional groups attached to an aromatic ring is 1. The van der Waals surface area contributed by atoms with Crippen molar-refractivity contribution >= 4 is 40.1 Å². The fraction of sp³-hybridized carbons (Fsp3) is 0.545. The quantitative estimate of drug-likeness (QED) is 0.691. The van der Waals surface area contributed by atoms with Gasteiger partial charge in [-0.25, -0.2) is 9.78 Å². The minimum absolute atomic E-state index is 0.115. The van der Waals surface area contributed by atoms with Crippen LogP contribution in [-0.4, -0.2) is 40.0 Å².